The van der Waals surface area contributed by atoms with E-state index in [-0.39, 0.29) is 0 Å². The van der Waals surface area contributed by atoms with Crippen LogP contribution in [0.25, 0.3) is 0 Å². The van der Waals surface area contributed by atoms with Gasteiger partial charge in [0.1, 0.15) is 0 Å². The standard InChI is InChI=1S/C5H9S/c1-3-4-5(2)6/h4H,3H2,1-2H3/b5-4-. The third-order valence-electron chi connectivity index (χ3n) is 0.492. The molecule has 0 nitrogen and oxygen atoms in total. The van der Waals surface area contributed by atoms with E-state index < -0.39 is 0 Å². The van der Waals surface area contributed by atoms with Gasteiger partial charge in [-0.25, -0.2) is 0 Å². The summed E-state index contributed by atoms with van der Waals surface area (Å²) in [5.41, 5.74) is 0. The van der Waals surface area contributed by atoms with E-state index in [4.69, 9.17) is 12.6 Å². The molecule has 0 aromatic rings. The fraction of sp³-hybridized carbons (Fsp3) is 0.600. The Morgan fingerprint density at radius 1 is 1.83 bits per heavy atom. The summed E-state index contributed by atoms with van der Waals surface area (Å²) >= 11 is 4.74. The highest BCUT2D eigenvalue weighted by Gasteiger charge is 1.70. The predicted molar refractivity (Wildman–Crippen MR) is 31.6 cm³/mol. The summed E-state index contributed by atoms with van der Waals surface area (Å²) in [6.45, 7) is 4.01. The summed E-state index contributed by atoms with van der Waals surface area (Å²) in [4.78, 5) is 0.998. The molecule has 0 bridgehead atoms. The molecule has 0 aliphatic rings. The van der Waals surface area contributed by atoms with Crippen LogP contribution in [0.4, 0.5) is 0 Å². The Morgan fingerprint density at radius 2 is 2.33 bits per heavy atom. The first kappa shape index (κ1) is 5.96. The summed E-state index contributed by atoms with van der Waals surface area (Å²) in [6, 6.07) is 0. The van der Waals surface area contributed by atoms with Gasteiger partial charge in [0.05, 0.1) is 0 Å². The largest absolute Gasteiger partial charge is 0.0856 e. The van der Waals surface area contributed by atoms with Gasteiger partial charge in [-0.1, -0.05) is 25.6 Å². The maximum absolute atomic E-state index is 4.74. The zero-order valence-electron chi connectivity index (χ0n) is 4.19. The van der Waals surface area contributed by atoms with Gasteiger partial charge in [0.2, 0.25) is 0 Å². The zero-order valence-corrected chi connectivity index (χ0v) is 5.01. The highest BCUT2D eigenvalue weighted by Crippen LogP contribution is 1.96. The zero-order chi connectivity index (χ0) is 4.99. The molecule has 35 valence electrons. The van der Waals surface area contributed by atoms with E-state index in [1.165, 1.54) is 0 Å². The van der Waals surface area contributed by atoms with Gasteiger partial charge in [-0.05, 0) is 13.3 Å². The van der Waals surface area contributed by atoms with Crippen molar-refractivity contribution in [1.29, 1.82) is 0 Å². The Hall–Kier alpha value is -0.0400. The van der Waals surface area contributed by atoms with Crippen molar-refractivity contribution in [2.24, 2.45) is 0 Å². The van der Waals surface area contributed by atoms with E-state index in [1.807, 2.05) is 13.0 Å². The van der Waals surface area contributed by atoms with Gasteiger partial charge in [-0.15, -0.1) is 0 Å². The Bertz CT molecular complexity index is 51.0. The lowest BCUT2D eigenvalue weighted by molar-refractivity contribution is 1.21. The van der Waals surface area contributed by atoms with Crippen molar-refractivity contribution in [3.8, 4) is 0 Å². The second-order valence-electron chi connectivity index (χ2n) is 1.22. The molecule has 6 heavy (non-hydrogen) atoms. The van der Waals surface area contributed by atoms with Gasteiger partial charge in [-0.2, -0.15) is 0 Å². The van der Waals surface area contributed by atoms with Gasteiger partial charge < -0.3 is 0 Å². The summed E-state index contributed by atoms with van der Waals surface area (Å²) < 4.78 is 0. The second-order valence-corrected chi connectivity index (χ2v) is 1.87. The molecule has 0 aliphatic carbocycles. The number of rotatable bonds is 1. The van der Waals surface area contributed by atoms with Crippen molar-refractivity contribution >= 4 is 12.6 Å². The van der Waals surface area contributed by atoms with Crippen molar-refractivity contribution in [3.63, 3.8) is 0 Å². The van der Waals surface area contributed by atoms with Crippen molar-refractivity contribution in [2.75, 3.05) is 0 Å². The molecular formula is C5H9S. The van der Waals surface area contributed by atoms with Gasteiger partial charge in [0.15, 0.2) is 0 Å². The first-order valence-corrected chi connectivity index (χ1v) is 2.52. The van der Waals surface area contributed by atoms with Crippen LogP contribution in [0.2, 0.25) is 0 Å². The molecule has 1 heteroatoms. The molecule has 0 saturated carbocycles. The van der Waals surface area contributed by atoms with E-state index in [2.05, 4.69) is 6.92 Å². The average Bonchev–Trinajstić information content (AvgIpc) is 1.35. The SMILES string of the molecule is CC/C=C(/C)[S]. The van der Waals surface area contributed by atoms with Crippen LogP contribution >= 0.6 is 12.6 Å². The van der Waals surface area contributed by atoms with E-state index in [0.29, 0.717) is 0 Å². The lowest BCUT2D eigenvalue weighted by Crippen LogP contribution is -1.54. The average molecular weight is 101 g/mol. The van der Waals surface area contributed by atoms with Crippen LogP contribution < -0.4 is 0 Å². The molecule has 0 fully saturated rings. The fourth-order valence-corrected chi connectivity index (χ4v) is 0.454. The molecule has 0 amide bonds. The normalized spacial score (nSPS) is 12.0. The molecule has 0 heterocycles. The Balaban J connectivity index is 3.14. The Labute approximate surface area is 44.7 Å². The van der Waals surface area contributed by atoms with Crippen LogP contribution in [0.5, 0.6) is 0 Å². The van der Waals surface area contributed by atoms with E-state index in [9.17, 15) is 0 Å². The quantitative estimate of drug-likeness (QED) is 0.476. The lowest BCUT2D eigenvalue weighted by atomic mass is 10.4. The summed E-state index contributed by atoms with van der Waals surface area (Å²) in [6.07, 6.45) is 3.09. The minimum Gasteiger partial charge on any atom is -0.0856 e. The first-order valence-electron chi connectivity index (χ1n) is 2.11. The monoisotopic (exact) mass is 101 g/mol. The molecule has 0 saturated heterocycles. The third kappa shape index (κ3) is 3.96. The van der Waals surface area contributed by atoms with Gasteiger partial charge in [0.25, 0.3) is 0 Å². The number of allylic oxidation sites excluding steroid dienone is 2. The summed E-state index contributed by atoms with van der Waals surface area (Å²) in [7, 11) is 0. The van der Waals surface area contributed by atoms with Crippen molar-refractivity contribution in [1.82, 2.24) is 0 Å². The molecule has 0 unspecified atom stereocenters. The third-order valence-corrected chi connectivity index (χ3v) is 0.658. The van der Waals surface area contributed by atoms with Gasteiger partial charge in [0, 0.05) is 4.91 Å². The van der Waals surface area contributed by atoms with E-state index >= 15 is 0 Å². The highest BCUT2D eigenvalue weighted by molar-refractivity contribution is 7.84. The Morgan fingerprint density at radius 3 is 2.33 bits per heavy atom. The minimum atomic E-state index is 0.998. The van der Waals surface area contributed by atoms with Crippen molar-refractivity contribution < 1.29 is 0 Å². The van der Waals surface area contributed by atoms with E-state index in [0.717, 1.165) is 11.3 Å². The van der Waals surface area contributed by atoms with Crippen LogP contribution in [-0.4, -0.2) is 0 Å². The molecule has 1 radical (unpaired) electrons. The highest BCUT2D eigenvalue weighted by atomic mass is 32.1. The maximum atomic E-state index is 4.74. The predicted octanol–water partition coefficient (Wildman–Crippen LogP) is 2.50. The molecule has 0 rings (SSSR count). The van der Waals surface area contributed by atoms with E-state index in [1.54, 1.807) is 0 Å². The van der Waals surface area contributed by atoms with Crippen LogP contribution in [0, 0.1) is 0 Å². The minimum absolute atomic E-state index is 0.998. The van der Waals surface area contributed by atoms with Gasteiger partial charge in [-0.3, -0.25) is 0 Å². The summed E-state index contributed by atoms with van der Waals surface area (Å²) in [5, 5.41) is 0. The smallest absolute Gasteiger partial charge is 0.00808 e. The molecule has 0 aromatic carbocycles. The first-order chi connectivity index (χ1) is 2.77. The van der Waals surface area contributed by atoms with Crippen LogP contribution in [0.1, 0.15) is 20.3 Å². The van der Waals surface area contributed by atoms with Crippen molar-refractivity contribution in [3.05, 3.63) is 11.0 Å². The lowest BCUT2D eigenvalue weighted by Gasteiger charge is -1.77. The summed E-state index contributed by atoms with van der Waals surface area (Å²) in [5.74, 6) is 0. The van der Waals surface area contributed by atoms with Crippen molar-refractivity contribution in [2.45, 2.75) is 20.3 Å². The van der Waals surface area contributed by atoms with Gasteiger partial charge >= 0.3 is 0 Å². The molecular weight excluding hydrogens is 92.1 g/mol. The number of hydrogen-bond donors (Lipinski definition) is 0. The van der Waals surface area contributed by atoms with Crippen LogP contribution in [-0.2, 0) is 0 Å². The fourth-order valence-electron chi connectivity index (χ4n) is 0.287. The Kier molecular flexibility index (Phi) is 3.14. The molecule has 0 N–H and O–H groups in total. The second kappa shape index (κ2) is 3.16. The maximum Gasteiger partial charge on any atom is 0.00808 e. The van der Waals surface area contributed by atoms with Crippen LogP contribution in [0.3, 0.4) is 0 Å². The topological polar surface area (TPSA) is 0 Å². The molecule has 0 atom stereocenters. The van der Waals surface area contributed by atoms with Crippen LogP contribution in [0.15, 0.2) is 11.0 Å². The number of hydrogen-bond acceptors (Lipinski definition) is 0. The molecule has 0 aromatic heterocycles. The molecule has 0 spiro atoms. The molecule has 0 aliphatic heterocycles.